The number of H-pyrrole nitrogens is 2. The van der Waals surface area contributed by atoms with Crippen LogP contribution in [-0.2, 0) is 0 Å². The van der Waals surface area contributed by atoms with Gasteiger partial charge in [0.05, 0.1) is 16.8 Å². The molecule has 9 heteroatoms. The molecule has 0 unspecified atom stereocenters. The van der Waals surface area contributed by atoms with Crippen molar-refractivity contribution in [2.24, 2.45) is 0 Å². The van der Waals surface area contributed by atoms with Crippen LogP contribution < -0.4 is 10.9 Å². The Hall–Kier alpha value is -5.18. The van der Waals surface area contributed by atoms with Crippen molar-refractivity contribution in [3.8, 4) is 39.3 Å². The zero-order valence-electron chi connectivity index (χ0n) is 18.3. The van der Waals surface area contributed by atoms with Crippen LogP contribution in [0.25, 0.3) is 39.2 Å². The van der Waals surface area contributed by atoms with Gasteiger partial charge in [-0.15, -0.1) is 0 Å². The molecule has 0 amide bonds. The van der Waals surface area contributed by atoms with Gasteiger partial charge in [0.1, 0.15) is 17.9 Å². The molecule has 0 saturated heterocycles. The van der Waals surface area contributed by atoms with Crippen LogP contribution in [0.3, 0.4) is 0 Å². The standard InChI is InChI=1S/C26H19N7O2/c34-19-13-11-17(12-14-19)21-23(30-26-27-15-28-31-26)29-24-20(16-7-3-1-4-8-16)22(32-33(24)25(21)35)18-9-5-2-6-10-18/h1-15,32,34H,(H2,27,28,30,31). The summed E-state index contributed by atoms with van der Waals surface area (Å²) >= 11 is 0. The minimum Gasteiger partial charge on any atom is -0.508 e. The number of benzene rings is 3. The zero-order chi connectivity index (χ0) is 23.8. The van der Waals surface area contributed by atoms with Crippen LogP contribution in [0.5, 0.6) is 5.75 Å². The SMILES string of the molecule is O=c1c(-c2ccc(O)cc2)c(Nc2ncn[nH]2)nc2c(-c3ccccc3)c(-c3ccccc3)[nH]n12. The first-order valence-electron chi connectivity index (χ1n) is 10.9. The van der Waals surface area contributed by atoms with Gasteiger partial charge in [0, 0.05) is 5.56 Å². The third-order valence-electron chi connectivity index (χ3n) is 5.71. The van der Waals surface area contributed by atoms with E-state index in [1.54, 1.807) is 12.1 Å². The molecule has 3 aromatic heterocycles. The minimum absolute atomic E-state index is 0.102. The maximum atomic E-state index is 13.9. The Morgan fingerprint density at radius 2 is 1.46 bits per heavy atom. The molecule has 0 aliphatic rings. The summed E-state index contributed by atoms with van der Waals surface area (Å²) in [6, 6.07) is 26.0. The lowest BCUT2D eigenvalue weighted by Gasteiger charge is -2.10. The number of aromatic hydroxyl groups is 1. The average molecular weight is 461 g/mol. The van der Waals surface area contributed by atoms with Crippen molar-refractivity contribution in [1.29, 1.82) is 0 Å². The Labute approximate surface area is 198 Å². The maximum absolute atomic E-state index is 13.9. The fraction of sp³-hybridized carbons (Fsp3) is 0. The summed E-state index contributed by atoms with van der Waals surface area (Å²) in [5, 5.41) is 22.8. The van der Waals surface area contributed by atoms with Crippen molar-refractivity contribution in [2.45, 2.75) is 0 Å². The predicted molar refractivity (Wildman–Crippen MR) is 133 cm³/mol. The largest absolute Gasteiger partial charge is 0.508 e. The van der Waals surface area contributed by atoms with E-state index in [0.717, 1.165) is 22.4 Å². The minimum atomic E-state index is -0.304. The Balaban J connectivity index is 1.69. The molecule has 0 atom stereocenters. The summed E-state index contributed by atoms with van der Waals surface area (Å²) < 4.78 is 1.46. The van der Waals surface area contributed by atoms with Gasteiger partial charge in [0.2, 0.25) is 5.95 Å². The third kappa shape index (κ3) is 3.61. The van der Waals surface area contributed by atoms with Gasteiger partial charge in [-0.25, -0.2) is 10.1 Å². The fourth-order valence-electron chi connectivity index (χ4n) is 4.12. The first kappa shape index (κ1) is 20.4. The number of phenols is 1. The van der Waals surface area contributed by atoms with Gasteiger partial charge in [0.25, 0.3) is 5.56 Å². The number of fused-ring (bicyclic) bond motifs is 1. The van der Waals surface area contributed by atoms with Crippen LogP contribution in [0, 0.1) is 0 Å². The smallest absolute Gasteiger partial charge is 0.282 e. The lowest BCUT2D eigenvalue weighted by molar-refractivity contribution is 0.475. The maximum Gasteiger partial charge on any atom is 0.282 e. The number of aromatic amines is 2. The number of anilines is 2. The Bertz CT molecular complexity index is 1670. The number of rotatable bonds is 5. The summed E-state index contributed by atoms with van der Waals surface area (Å²) in [4.78, 5) is 23.0. The molecule has 35 heavy (non-hydrogen) atoms. The molecule has 9 nitrogen and oxygen atoms in total. The highest BCUT2D eigenvalue weighted by molar-refractivity contribution is 5.92. The van der Waals surface area contributed by atoms with Gasteiger partial charge < -0.3 is 10.4 Å². The molecule has 0 spiro atoms. The zero-order valence-corrected chi connectivity index (χ0v) is 18.3. The van der Waals surface area contributed by atoms with Crippen molar-refractivity contribution >= 4 is 17.4 Å². The highest BCUT2D eigenvalue weighted by atomic mass is 16.3. The van der Waals surface area contributed by atoms with E-state index in [2.05, 4.69) is 25.6 Å². The molecule has 6 rings (SSSR count). The second-order valence-electron chi connectivity index (χ2n) is 7.90. The Morgan fingerprint density at radius 1 is 0.800 bits per heavy atom. The average Bonchev–Trinajstić information content (AvgIpc) is 3.54. The van der Waals surface area contributed by atoms with E-state index < -0.39 is 0 Å². The van der Waals surface area contributed by atoms with Crippen molar-refractivity contribution in [3.05, 3.63) is 102 Å². The summed E-state index contributed by atoms with van der Waals surface area (Å²) in [5.74, 6) is 0.764. The number of hydrogen-bond acceptors (Lipinski definition) is 6. The summed E-state index contributed by atoms with van der Waals surface area (Å²) in [6.45, 7) is 0. The van der Waals surface area contributed by atoms with Gasteiger partial charge >= 0.3 is 0 Å². The van der Waals surface area contributed by atoms with E-state index >= 15 is 0 Å². The fourth-order valence-corrected chi connectivity index (χ4v) is 4.12. The number of nitrogens with one attached hydrogen (secondary N) is 3. The molecule has 0 aliphatic heterocycles. The van der Waals surface area contributed by atoms with Crippen molar-refractivity contribution in [1.82, 2.24) is 29.8 Å². The summed E-state index contributed by atoms with van der Waals surface area (Å²) in [6.07, 6.45) is 1.37. The first-order valence-corrected chi connectivity index (χ1v) is 10.9. The molecule has 0 aliphatic carbocycles. The van der Waals surface area contributed by atoms with Crippen LogP contribution in [0.2, 0.25) is 0 Å². The van der Waals surface area contributed by atoms with Gasteiger partial charge in [0.15, 0.2) is 5.65 Å². The van der Waals surface area contributed by atoms with Crippen molar-refractivity contribution in [3.63, 3.8) is 0 Å². The van der Waals surface area contributed by atoms with Crippen LogP contribution in [-0.4, -0.2) is 34.9 Å². The second kappa shape index (κ2) is 8.31. The molecule has 3 heterocycles. The van der Waals surface area contributed by atoms with E-state index in [1.807, 2.05) is 60.7 Å². The third-order valence-corrected chi connectivity index (χ3v) is 5.71. The number of aromatic nitrogens is 6. The van der Waals surface area contributed by atoms with Gasteiger partial charge in [-0.2, -0.15) is 14.6 Å². The van der Waals surface area contributed by atoms with Crippen molar-refractivity contribution < 1.29 is 5.11 Å². The molecule has 0 saturated carbocycles. The monoisotopic (exact) mass is 461 g/mol. The molecule has 170 valence electrons. The lowest BCUT2D eigenvalue weighted by atomic mass is 10.0. The number of nitrogens with zero attached hydrogens (tertiary/aromatic N) is 4. The van der Waals surface area contributed by atoms with Crippen LogP contribution in [0.15, 0.2) is 96.1 Å². The van der Waals surface area contributed by atoms with Crippen LogP contribution in [0.4, 0.5) is 11.8 Å². The molecular weight excluding hydrogens is 442 g/mol. The van der Waals surface area contributed by atoms with E-state index in [4.69, 9.17) is 4.98 Å². The van der Waals surface area contributed by atoms with E-state index in [1.165, 1.54) is 23.0 Å². The van der Waals surface area contributed by atoms with E-state index in [-0.39, 0.29) is 11.3 Å². The molecule has 6 aromatic rings. The van der Waals surface area contributed by atoms with Gasteiger partial charge in [-0.3, -0.25) is 9.89 Å². The van der Waals surface area contributed by atoms with Crippen LogP contribution in [0.1, 0.15) is 0 Å². The molecule has 0 bridgehead atoms. The Morgan fingerprint density at radius 3 is 2.11 bits per heavy atom. The predicted octanol–water partition coefficient (Wildman–Crippen LogP) is 4.59. The normalized spacial score (nSPS) is 11.1. The second-order valence-corrected chi connectivity index (χ2v) is 7.90. The molecule has 0 radical (unpaired) electrons. The molecule has 4 N–H and O–H groups in total. The molecule has 3 aromatic carbocycles. The van der Waals surface area contributed by atoms with Crippen molar-refractivity contribution in [2.75, 3.05) is 5.32 Å². The topological polar surface area (TPSA) is 124 Å². The number of phenolic OH excluding ortho intramolecular Hbond substituents is 1. The van der Waals surface area contributed by atoms with E-state index in [9.17, 15) is 9.90 Å². The summed E-state index contributed by atoms with van der Waals surface area (Å²) in [5.41, 5.74) is 4.48. The highest BCUT2D eigenvalue weighted by Crippen LogP contribution is 2.36. The quantitative estimate of drug-likeness (QED) is 0.298. The molecular formula is C26H19N7O2. The van der Waals surface area contributed by atoms with Crippen LogP contribution >= 0.6 is 0 Å². The van der Waals surface area contributed by atoms with Gasteiger partial charge in [-0.1, -0.05) is 72.8 Å². The van der Waals surface area contributed by atoms with E-state index in [0.29, 0.717) is 28.5 Å². The number of hydrogen-bond donors (Lipinski definition) is 4. The lowest BCUT2D eigenvalue weighted by Crippen LogP contribution is -2.19. The highest BCUT2D eigenvalue weighted by Gasteiger charge is 2.23. The first-order chi connectivity index (χ1) is 17.2. The summed E-state index contributed by atoms with van der Waals surface area (Å²) in [7, 11) is 0. The van der Waals surface area contributed by atoms with Gasteiger partial charge in [-0.05, 0) is 23.3 Å². The molecule has 0 fully saturated rings. The Kier molecular flexibility index (Phi) is 4.85.